The Morgan fingerprint density at radius 1 is 1.46 bits per heavy atom. The Morgan fingerprint density at radius 2 is 2.38 bits per heavy atom. The smallest absolute Gasteiger partial charge is 0.230 e. The van der Waals surface area contributed by atoms with Crippen molar-refractivity contribution in [3.63, 3.8) is 0 Å². The number of hydrogen-bond donors (Lipinski definition) is 0. The number of aromatic nitrogens is 1. The van der Waals surface area contributed by atoms with Crippen LogP contribution in [0.5, 0.6) is 0 Å². The molecule has 0 N–H and O–H groups in total. The van der Waals surface area contributed by atoms with Gasteiger partial charge in [0, 0.05) is 51.7 Å². The average molecular weight is 329 g/mol. The summed E-state index contributed by atoms with van der Waals surface area (Å²) in [6.45, 7) is 8.67. The van der Waals surface area contributed by atoms with Crippen molar-refractivity contribution >= 4 is 5.91 Å². The second-order valence-corrected chi connectivity index (χ2v) is 7.82. The van der Waals surface area contributed by atoms with Gasteiger partial charge in [0.1, 0.15) is 0 Å². The molecule has 3 atom stereocenters. The van der Waals surface area contributed by atoms with Gasteiger partial charge in [0.15, 0.2) is 0 Å². The Kier molecular flexibility index (Phi) is 4.31. The van der Waals surface area contributed by atoms with Crippen LogP contribution in [-0.4, -0.2) is 60.1 Å². The van der Waals surface area contributed by atoms with Gasteiger partial charge in [0.2, 0.25) is 5.91 Å². The molecule has 4 rings (SSSR count). The van der Waals surface area contributed by atoms with Crippen LogP contribution >= 0.6 is 0 Å². The monoisotopic (exact) mass is 329 g/mol. The number of amides is 1. The number of hydrogen-bond acceptors (Lipinski definition) is 4. The Morgan fingerprint density at radius 3 is 3.12 bits per heavy atom. The van der Waals surface area contributed by atoms with E-state index in [0.717, 1.165) is 51.4 Å². The molecule has 3 saturated heterocycles. The topological polar surface area (TPSA) is 45.7 Å². The molecule has 130 valence electrons. The van der Waals surface area contributed by atoms with Gasteiger partial charge in [-0.2, -0.15) is 0 Å². The van der Waals surface area contributed by atoms with E-state index in [1.54, 1.807) is 6.20 Å². The minimum Gasteiger partial charge on any atom is -0.381 e. The molecule has 0 aliphatic carbocycles. The van der Waals surface area contributed by atoms with Gasteiger partial charge in [-0.05, 0) is 36.3 Å². The molecule has 1 aromatic heterocycles. The molecule has 3 fully saturated rings. The van der Waals surface area contributed by atoms with E-state index in [1.165, 1.54) is 6.42 Å². The summed E-state index contributed by atoms with van der Waals surface area (Å²) < 4.78 is 5.51. The van der Waals surface area contributed by atoms with Gasteiger partial charge in [0.25, 0.3) is 0 Å². The van der Waals surface area contributed by atoms with Gasteiger partial charge < -0.3 is 14.5 Å². The van der Waals surface area contributed by atoms with Gasteiger partial charge >= 0.3 is 0 Å². The van der Waals surface area contributed by atoms with Crippen LogP contribution in [0.15, 0.2) is 24.5 Å². The number of ether oxygens (including phenoxy) is 1. The summed E-state index contributed by atoms with van der Waals surface area (Å²) in [4.78, 5) is 21.9. The first-order chi connectivity index (χ1) is 11.7. The second-order valence-electron chi connectivity index (χ2n) is 7.82. The maximum Gasteiger partial charge on any atom is 0.230 e. The van der Waals surface area contributed by atoms with E-state index in [1.807, 2.05) is 17.2 Å². The van der Waals surface area contributed by atoms with Crippen LogP contribution in [0.25, 0.3) is 0 Å². The van der Waals surface area contributed by atoms with Crippen molar-refractivity contribution in [3.8, 4) is 0 Å². The molecule has 24 heavy (non-hydrogen) atoms. The van der Waals surface area contributed by atoms with E-state index in [2.05, 4.69) is 22.9 Å². The van der Waals surface area contributed by atoms with Crippen molar-refractivity contribution in [3.05, 3.63) is 30.1 Å². The lowest BCUT2D eigenvalue weighted by Crippen LogP contribution is -2.39. The maximum absolute atomic E-state index is 13.2. The highest BCUT2D eigenvalue weighted by molar-refractivity contribution is 5.86. The van der Waals surface area contributed by atoms with Gasteiger partial charge in [0.05, 0.1) is 12.0 Å². The molecule has 0 saturated carbocycles. The lowest BCUT2D eigenvalue weighted by molar-refractivity contribution is -0.137. The molecule has 0 unspecified atom stereocenters. The molecular formula is C19H27N3O2. The van der Waals surface area contributed by atoms with E-state index in [-0.39, 0.29) is 5.41 Å². The van der Waals surface area contributed by atoms with Crippen molar-refractivity contribution in [1.82, 2.24) is 14.8 Å². The first-order valence-corrected chi connectivity index (χ1v) is 9.16. The number of pyridine rings is 1. The molecule has 1 spiro atoms. The average Bonchev–Trinajstić information content (AvgIpc) is 3.27. The largest absolute Gasteiger partial charge is 0.381 e. The van der Waals surface area contributed by atoms with E-state index >= 15 is 0 Å². The van der Waals surface area contributed by atoms with Crippen LogP contribution in [0.3, 0.4) is 0 Å². The standard InChI is InChI=1S/C19H27N3O2/c1-15-10-21(11-17-4-8-24-13-17)14-19(15)5-7-22(18(19)23)12-16-3-2-6-20-9-16/h2-3,6,9,15,17H,4-5,7-8,10-14H2,1H3/t15-,17+,19+/m1/s1. The third-order valence-corrected chi connectivity index (χ3v) is 6.16. The highest BCUT2D eigenvalue weighted by Gasteiger charge is 2.54. The zero-order valence-corrected chi connectivity index (χ0v) is 14.5. The van der Waals surface area contributed by atoms with E-state index in [9.17, 15) is 4.79 Å². The summed E-state index contributed by atoms with van der Waals surface area (Å²) in [7, 11) is 0. The lowest BCUT2D eigenvalue weighted by Gasteiger charge is -2.27. The lowest BCUT2D eigenvalue weighted by atomic mass is 9.78. The number of rotatable bonds is 4. The van der Waals surface area contributed by atoms with Crippen LogP contribution in [0, 0.1) is 17.3 Å². The molecule has 1 amide bonds. The maximum atomic E-state index is 13.2. The van der Waals surface area contributed by atoms with Crippen LogP contribution in [0.4, 0.5) is 0 Å². The highest BCUT2D eigenvalue weighted by Crippen LogP contribution is 2.45. The first kappa shape index (κ1) is 16.0. The molecule has 1 aromatic rings. The van der Waals surface area contributed by atoms with Crippen molar-refractivity contribution in [1.29, 1.82) is 0 Å². The summed E-state index contributed by atoms with van der Waals surface area (Å²) >= 11 is 0. The summed E-state index contributed by atoms with van der Waals surface area (Å²) in [5, 5.41) is 0. The predicted octanol–water partition coefficient (Wildman–Crippen LogP) is 1.79. The van der Waals surface area contributed by atoms with Gasteiger partial charge in [-0.1, -0.05) is 13.0 Å². The summed E-state index contributed by atoms with van der Waals surface area (Å²) in [5.74, 6) is 1.44. The van der Waals surface area contributed by atoms with Crippen LogP contribution < -0.4 is 0 Å². The van der Waals surface area contributed by atoms with Crippen molar-refractivity contribution in [2.24, 2.45) is 17.3 Å². The minimum atomic E-state index is -0.165. The van der Waals surface area contributed by atoms with E-state index in [0.29, 0.717) is 24.3 Å². The quantitative estimate of drug-likeness (QED) is 0.845. The van der Waals surface area contributed by atoms with Crippen LogP contribution in [0.1, 0.15) is 25.3 Å². The fourth-order valence-corrected chi connectivity index (χ4v) is 4.74. The zero-order valence-electron chi connectivity index (χ0n) is 14.5. The van der Waals surface area contributed by atoms with Gasteiger partial charge in [-0.3, -0.25) is 9.78 Å². The Bertz CT molecular complexity index is 588. The summed E-state index contributed by atoms with van der Waals surface area (Å²) in [6.07, 6.45) is 5.80. The Hall–Kier alpha value is -1.46. The minimum absolute atomic E-state index is 0.165. The molecule has 0 bridgehead atoms. The number of carbonyl (C=O) groups is 1. The van der Waals surface area contributed by atoms with Crippen molar-refractivity contribution < 1.29 is 9.53 Å². The molecular weight excluding hydrogens is 302 g/mol. The third kappa shape index (κ3) is 2.84. The predicted molar refractivity (Wildman–Crippen MR) is 91.2 cm³/mol. The van der Waals surface area contributed by atoms with Gasteiger partial charge in [-0.15, -0.1) is 0 Å². The molecule has 0 radical (unpaired) electrons. The van der Waals surface area contributed by atoms with Crippen molar-refractivity contribution in [2.45, 2.75) is 26.3 Å². The molecule has 3 aliphatic rings. The second kappa shape index (κ2) is 6.45. The summed E-state index contributed by atoms with van der Waals surface area (Å²) in [5.41, 5.74) is 0.954. The Balaban J connectivity index is 1.42. The van der Waals surface area contributed by atoms with Gasteiger partial charge in [-0.25, -0.2) is 0 Å². The van der Waals surface area contributed by atoms with Crippen LogP contribution in [0.2, 0.25) is 0 Å². The SMILES string of the molecule is C[C@@H]1CN(C[C@@H]2CCOC2)C[C@@]12CCN(Cc1cccnc1)C2=O. The molecule has 0 aromatic carbocycles. The fourth-order valence-electron chi connectivity index (χ4n) is 4.74. The molecule has 4 heterocycles. The molecule has 3 aliphatic heterocycles. The number of likely N-dealkylation sites (tertiary alicyclic amines) is 2. The number of carbonyl (C=O) groups excluding carboxylic acids is 1. The van der Waals surface area contributed by atoms with Crippen molar-refractivity contribution in [2.75, 3.05) is 39.4 Å². The fraction of sp³-hybridized carbons (Fsp3) is 0.684. The molecule has 5 heteroatoms. The summed E-state index contributed by atoms with van der Waals surface area (Å²) in [6, 6.07) is 3.99. The normalized spacial score (nSPS) is 33.9. The Labute approximate surface area is 144 Å². The van der Waals surface area contributed by atoms with Crippen LogP contribution in [-0.2, 0) is 16.1 Å². The van der Waals surface area contributed by atoms with E-state index in [4.69, 9.17) is 4.74 Å². The first-order valence-electron chi connectivity index (χ1n) is 9.16. The van der Waals surface area contributed by atoms with E-state index < -0.39 is 0 Å². The highest BCUT2D eigenvalue weighted by atomic mass is 16.5. The third-order valence-electron chi connectivity index (χ3n) is 6.16. The zero-order chi connectivity index (χ0) is 16.6. The number of nitrogens with zero attached hydrogens (tertiary/aromatic N) is 3. The molecule has 5 nitrogen and oxygen atoms in total.